The molecule has 2 aliphatic heterocycles. The second-order valence-corrected chi connectivity index (χ2v) is 9.95. The molecule has 0 saturated carbocycles. The standard InChI is InChI=1S/C23H28N2O6S/c1-13(25(2,3)22-20(28)18(26)19(27)21(31-22)23(29)30)12-24-14-8-4-6-10-16(14)32-17-11-7-5-9-15(17)24/h4-11,13,18-22,26-28H,12H2,1-3H3/t13?,18-,19-,20+,21-,22+/m0/s1. The van der Waals surface area contributed by atoms with Crippen molar-refractivity contribution in [1.29, 1.82) is 0 Å². The van der Waals surface area contributed by atoms with Gasteiger partial charge in [-0.05, 0) is 31.2 Å². The number of rotatable bonds is 5. The van der Waals surface area contributed by atoms with E-state index in [1.807, 2.05) is 45.3 Å². The van der Waals surface area contributed by atoms with E-state index < -0.39 is 36.6 Å². The first kappa shape index (κ1) is 23.0. The first-order valence-electron chi connectivity index (χ1n) is 10.5. The summed E-state index contributed by atoms with van der Waals surface area (Å²) in [5, 5.41) is 42.4. The third kappa shape index (κ3) is 3.89. The fourth-order valence-electron chi connectivity index (χ4n) is 4.31. The molecule has 2 aliphatic rings. The molecule has 2 aromatic carbocycles. The molecule has 4 rings (SSSR count). The summed E-state index contributed by atoms with van der Waals surface area (Å²) in [5.41, 5.74) is 2.13. The van der Waals surface area contributed by atoms with Crippen molar-refractivity contribution in [3.05, 3.63) is 48.5 Å². The van der Waals surface area contributed by atoms with Gasteiger partial charge in [-0.2, -0.15) is 0 Å². The van der Waals surface area contributed by atoms with Gasteiger partial charge in [-0.25, -0.2) is 0 Å². The number of carbonyl (C=O) groups is 1. The maximum absolute atomic E-state index is 11.4. The van der Waals surface area contributed by atoms with Gasteiger partial charge in [-0.1, -0.05) is 36.0 Å². The number of likely N-dealkylation sites (N-methyl/N-ethyl adjacent to an activating group) is 1. The lowest BCUT2D eigenvalue weighted by molar-refractivity contribution is -0.963. The summed E-state index contributed by atoms with van der Waals surface area (Å²) in [6.45, 7) is 2.53. The summed E-state index contributed by atoms with van der Waals surface area (Å²) >= 11 is 1.71. The number of carbonyl (C=O) groups excluding carboxylic acids is 1. The summed E-state index contributed by atoms with van der Waals surface area (Å²) < 4.78 is 5.64. The Labute approximate surface area is 191 Å². The van der Waals surface area contributed by atoms with Gasteiger partial charge in [0.2, 0.25) is 6.23 Å². The number of carboxylic acid groups (broad SMARTS) is 1. The van der Waals surface area contributed by atoms with Crippen molar-refractivity contribution in [3.8, 4) is 0 Å². The number of nitrogens with zero attached hydrogens (tertiary/aromatic N) is 2. The first-order chi connectivity index (χ1) is 15.1. The summed E-state index contributed by atoms with van der Waals surface area (Å²) in [4.78, 5) is 15.9. The molecule has 0 bridgehead atoms. The van der Waals surface area contributed by atoms with E-state index in [2.05, 4.69) is 29.2 Å². The number of quaternary nitrogens is 1. The lowest BCUT2D eigenvalue weighted by Crippen LogP contribution is -2.71. The van der Waals surface area contributed by atoms with E-state index in [0.29, 0.717) is 6.54 Å². The van der Waals surface area contributed by atoms with Crippen LogP contribution in [0.5, 0.6) is 0 Å². The maximum Gasteiger partial charge on any atom is 0.223 e. The molecule has 6 atom stereocenters. The Morgan fingerprint density at radius 2 is 1.56 bits per heavy atom. The van der Waals surface area contributed by atoms with Gasteiger partial charge in [-0.3, -0.25) is 4.48 Å². The zero-order valence-electron chi connectivity index (χ0n) is 18.2. The fraction of sp³-hybridized carbons (Fsp3) is 0.435. The van der Waals surface area contributed by atoms with Gasteiger partial charge in [0.1, 0.15) is 24.4 Å². The van der Waals surface area contributed by atoms with Crippen LogP contribution in [-0.2, 0) is 9.53 Å². The lowest BCUT2D eigenvalue weighted by Gasteiger charge is -2.50. The molecular weight excluding hydrogens is 432 g/mol. The SMILES string of the molecule is CC(CN1c2ccccc2Sc2ccccc21)[N+](C)(C)[C@@H]1O[C@H](C(=O)[O-])[C@@H](O)[C@H](O)[C@H]1O. The Bertz CT molecular complexity index is 956. The van der Waals surface area contributed by atoms with Crippen LogP contribution in [-0.4, -0.2) is 83.1 Å². The number of aliphatic hydroxyl groups is 3. The van der Waals surface area contributed by atoms with Crippen LogP contribution < -0.4 is 10.0 Å². The van der Waals surface area contributed by atoms with E-state index in [0.717, 1.165) is 21.2 Å². The van der Waals surface area contributed by atoms with Gasteiger partial charge < -0.3 is 34.9 Å². The molecule has 0 spiro atoms. The number of anilines is 2. The Morgan fingerprint density at radius 1 is 1.03 bits per heavy atom. The highest BCUT2D eigenvalue weighted by Gasteiger charge is 2.52. The van der Waals surface area contributed by atoms with Crippen LogP contribution in [0.25, 0.3) is 0 Å². The highest BCUT2D eigenvalue weighted by molar-refractivity contribution is 7.99. The number of aliphatic hydroxyl groups excluding tert-OH is 3. The highest BCUT2D eigenvalue weighted by Crippen LogP contribution is 2.48. The van der Waals surface area contributed by atoms with Crippen molar-refractivity contribution >= 4 is 29.1 Å². The van der Waals surface area contributed by atoms with Gasteiger partial charge in [0, 0.05) is 9.79 Å². The zero-order valence-corrected chi connectivity index (χ0v) is 19.0. The number of carboxylic acids is 1. The molecule has 0 amide bonds. The molecule has 172 valence electrons. The van der Waals surface area contributed by atoms with Gasteiger partial charge in [0.15, 0.2) is 6.10 Å². The van der Waals surface area contributed by atoms with Crippen LogP contribution in [0, 0.1) is 0 Å². The summed E-state index contributed by atoms with van der Waals surface area (Å²) in [5.74, 6) is -1.63. The minimum Gasteiger partial charge on any atom is -0.547 e. The smallest absolute Gasteiger partial charge is 0.223 e. The molecule has 2 aromatic rings. The van der Waals surface area contributed by atoms with Gasteiger partial charge in [-0.15, -0.1) is 0 Å². The zero-order chi connectivity index (χ0) is 23.2. The quantitative estimate of drug-likeness (QED) is 0.547. The topological polar surface area (TPSA) is 113 Å². The summed E-state index contributed by atoms with van der Waals surface area (Å²) in [7, 11) is 3.62. The average molecular weight is 461 g/mol. The predicted octanol–water partition coefficient (Wildman–Crippen LogP) is 0.312. The normalized spacial score (nSPS) is 28.6. The number of hydrogen-bond acceptors (Lipinski definition) is 8. The predicted molar refractivity (Wildman–Crippen MR) is 117 cm³/mol. The molecule has 8 nitrogen and oxygen atoms in total. The van der Waals surface area contributed by atoms with Crippen molar-refractivity contribution in [1.82, 2.24) is 0 Å². The number of hydrogen-bond donors (Lipinski definition) is 3. The van der Waals surface area contributed by atoms with E-state index in [4.69, 9.17) is 4.74 Å². The van der Waals surface area contributed by atoms with Crippen LogP contribution in [0.15, 0.2) is 58.3 Å². The molecule has 32 heavy (non-hydrogen) atoms. The molecule has 9 heteroatoms. The van der Waals surface area contributed by atoms with Crippen molar-refractivity contribution in [2.45, 2.75) is 53.4 Å². The number of para-hydroxylation sites is 2. The molecule has 0 aromatic heterocycles. The Morgan fingerprint density at radius 3 is 2.09 bits per heavy atom. The van der Waals surface area contributed by atoms with Crippen LogP contribution in [0.3, 0.4) is 0 Å². The molecule has 2 heterocycles. The fourth-order valence-corrected chi connectivity index (χ4v) is 5.41. The van der Waals surface area contributed by atoms with Crippen LogP contribution >= 0.6 is 11.8 Å². The van der Waals surface area contributed by atoms with Gasteiger partial charge >= 0.3 is 0 Å². The molecule has 1 saturated heterocycles. The van der Waals surface area contributed by atoms with E-state index in [9.17, 15) is 25.2 Å². The average Bonchev–Trinajstić information content (AvgIpc) is 2.76. The van der Waals surface area contributed by atoms with E-state index in [-0.39, 0.29) is 10.5 Å². The van der Waals surface area contributed by atoms with Crippen molar-refractivity contribution in [2.24, 2.45) is 0 Å². The van der Waals surface area contributed by atoms with Crippen molar-refractivity contribution in [3.63, 3.8) is 0 Å². The third-order valence-corrected chi connectivity index (χ3v) is 7.72. The molecule has 1 fully saturated rings. The van der Waals surface area contributed by atoms with E-state index >= 15 is 0 Å². The van der Waals surface area contributed by atoms with Crippen LogP contribution in [0.2, 0.25) is 0 Å². The number of fused-ring (bicyclic) bond motifs is 2. The summed E-state index contributed by atoms with van der Waals surface area (Å²) in [6.07, 6.45) is -7.69. The molecule has 1 unspecified atom stereocenters. The first-order valence-corrected chi connectivity index (χ1v) is 11.3. The highest BCUT2D eigenvalue weighted by atomic mass is 32.2. The van der Waals surface area contributed by atoms with E-state index in [1.165, 1.54) is 0 Å². The van der Waals surface area contributed by atoms with E-state index in [1.54, 1.807) is 11.8 Å². The van der Waals surface area contributed by atoms with Crippen LogP contribution in [0.4, 0.5) is 11.4 Å². The molecular formula is C23H28N2O6S. The molecule has 0 aliphatic carbocycles. The second kappa shape index (κ2) is 8.66. The van der Waals surface area contributed by atoms with Gasteiger partial charge in [0.05, 0.1) is 38.0 Å². The van der Waals surface area contributed by atoms with Crippen molar-refractivity contribution < 1.29 is 34.4 Å². The van der Waals surface area contributed by atoms with Gasteiger partial charge in [0.25, 0.3) is 0 Å². The maximum atomic E-state index is 11.4. The minimum atomic E-state index is -1.76. The monoisotopic (exact) mass is 460 g/mol. The van der Waals surface area contributed by atoms with Crippen LogP contribution in [0.1, 0.15) is 6.92 Å². The molecule has 3 N–H and O–H groups in total. The van der Waals surface area contributed by atoms with Crippen molar-refractivity contribution in [2.75, 3.05) is 25.5 Å². The summed E-state index contributed by atoms with van der Waals surface area (Å²) in [6, 6.07) is 16.1. The second-order valence-electron chi connectivity index (χ2n) is 8.86. The Hall–Kier alpha value is -2.14. The number of ether oxygens (including phenoxy) is 1. The third-order valence-electron chi connectivity index (χ3n) is 6.59. The Kier molecular flexibility index (Phi) is 6.23. The minimum absolute atomic E-state index is 0.0582. The number of benzene rings is 2. The molecule has 0 radical (unpaired) electrons. The number of aliphatic carboxylic acids is 1. The Balaban J connectivity index is 1.64. The largest absolute Gasteiger partial charge is 0.547 e. The lowest BCUT2D eigenvalue weighted by atomic mass is 9.96.